The zero-order valence-corrected chi connectivity index (χ0v) is 25.3. The van der Waals surface area contributed by atoms with Crippen molar-refractivity contribution in [3.8, 4) is 22.4 Å². The van der Waals surface area contributed by atoms with Gasteiger partial charge in [0.15, 0.2) is 17.5 Å². The first kappa shape index (κ1) is 30.1. The van der Waals surface area contributed by atoms with Gasteiger partial charge in [0.1, 0.15) is 0 Å². The Morgan fingerprint density at radius 3 is 2.42 bits per heavy atom. The summed E-state index contributed by atoms with van der Waals surface area (Å²) in [7, 11) is 3.12. The van der Waals surface area contributed by atoms with E-state index in [1.54, 1.807) is 55.8 Å². The quantitative estimate of drug-likeness (QED) is 0.263. The maximum atomic E-state index is 15.4. The highest BCUT2D eigenvalue weighted by Crippen LogP contribution is 2.45. The van der Waals surface area contributed by atoms with Gasteiger partial charge in [-0.25, -0.2) is 13.8 Å². The normalized spacial score (nSPS) is 18.5. The number of hydrogen-bond acceptors (Lipinski definition) is 6. The smallest absolute Gasteiger partial charge is 0.291 e. The van der Waals surface area contributed by atoms with Crippen LogP contribution in [0.3, 0.4) is 0 Å². The molecule has 1 saturated carbocycles. The summed E-state index contributed by atoms with van der Waals surface area (Å²) in [6.07, 6.45) is 3.66. The van der Waals surface area contributed by atoms with Gasteiger partial charge in [-0.05, 0) is 43.7 Å². The Bertz CT molecular complexity index is 1800. The largest absolute Gasteiger partial charge is 0.383 e. The fourth-order valence-electron chi connectivity index (χ4n) is 6.21. The van der Waals surface area contributed by atoms with Crippen molar-refractivity contribution in [2.75, 3.05) is 32.1 Å². The van der Waals surface area contributed by atoms with Crippen molar-refractivity contribution < 1.29 is 27.9 Å². The van der Waals surface area contributed by atoms with Crippen molar-refractivity contribution in [2.45, 2.75) is 26.4 Å². The summed E-state index contributed by atoms with van der Waals surface area (Å²) in [5, 5.41) is 10.1. The van der Waals surface area contributed by atoms with E-state index < -0.39 is 17.5 Å². The maximum Gasteiger partial charge on any atom is 0.291 e. The molecule has 4 aromatic rings. The number of ether oxygens (including phenoxy) is 1. The number of aryl methyl sites for hydroxylation is 1. The predicted molar refractivity (Wildman–Crippen MR) is 161 cm³/mol. The number of methoxy groups -OCH3 is 1. The number of piperidine rings is 1. The third-order valence-corrected chi connectivity index (χ3v) is 8.85. The summed E-state index contributed by atoms with van der Waals surface area (Å²) in [5.74, 6) is -2.26. The van der Waals surface area contributed by atoms with E-state index in [-0.39, 0.29) is 34.6 Å². The number of nitrogens with one attached hydrogen (secondary N) is 2. The fourth-order valence-corrected chi connectivity index (χ4v) is 6.21. The minimum Gasteiger partial charge on any atom is -0.383 e. The third-order valence-electron chi connectivity index (χ3n) is 8.85. The molecule has 0 spiro atoms. The Balaban J connectivity index is 1.14. The molecule has 13 heteroatoms. The third kappa shape index (κ3) is 5.48. The van der Waals surface area contributed by atoms with Gasteiger partial charge >= 0.3 is 0 Å². The van der Waals surface area contributed by atoms with Crippen molar-refractivity contribution in [3.05, 3.63) is 77.0 Å². The average Bonchev–Trinajstić information content (AvgIpc) is 3.38. The summed E-state index contributed by atoms with van der Waals surface area (Å²) < 4.78 is 38.9. The molecule has 1 saturated heterocycles. The topological polar surface area (TPSA) is 123 Å². The average molecular weight is 618 g/mol. The molecule has 45 heavy (non-hydrogen) atoms. The number of anilines is 1. The maximum absolute atomic E-state index is 15.4. The molecule has 0 bridgehead atoms. The van der Waals surface area contributed by atoms with Crippen molar-refractivity contribution in [1.29, 1.82) is 0 Å². The minimum atomic E-state index is -1.06. The van der Waals surface area contributed by atoms with Crippen LogP contribution in [0.25, 0.3) is 22.4 Å². The Morgan fingerprint density at radius 1 is 1.02 bits per heavy atom. The van der Waals surface area contributed by atoms with Gasteiger partial charge < -0.3 is 24.8 Å². The minimum absolute atomic E-state index is 0.00624. The molecule has 0 radical (unpaired) electrons. The molecule has 2 aromatic carbocycles. The molecule has 3 amide bonds. The number of carbonyl (C=O) groups excluding carboxylic acids is 3. The molecule has 6 rings (SSSR count). The lowest BCUT2D eigenvalue weighted by molar-refractivity contribution is -0.117. The number of amides is 3. The van der Waals surface area contributed by atoms with Crippen molar-refractivity contribution in [2.24, 2.45) is 18.9 Å². The summed E-state index contributed by atoms with van der Waals surface area (Å²) in [6, 6.07) is 7.96. The molecule has 2 atom stereocenters. The van der Waals surface area contributed by atoms with Crippen molar-refractivity contribution in [1.82, 2.24) is 29.5 Å². The van der Waals surface area contributed by atoms with Crippen LogP contribution in [0.15, 0.2) is 42.7 Å². The zero-order chi connectivity index (χ0) is 32.0. The van der Waals surface area contributed by atoms with Gasteiger partial charge in [-0.3, -0.25) is 19.1 Å². The number of benzene rings is 2. The number of likely N-dealkylation sites (tertiary alicyclic amines) is 1. The van der Waals surface area contributed by atoms with Crippen molar-refractivity contribution >= 4 is 23.9 Å². The second-order valence-corrected chi connectivity index (χ2v) is 11.5. The molecule has 2 aromatic heterocycles. The van der Waals surface area contributed by atoms with Crippen LogP contribution in [0.2, 0.25) is 0 Å². The number of nitrogens with zero attached hydrogens (tertiary/aromatic N) is 5. The molecule has 2 N–H and O–H groups in total. The molecular weight excluding hydrogens is 584 g/mol. The standard InChI is InChI=1S/C32H33F2N7O4/c1-17-11-19(5-6-20(17)31(43)38-29-24-14-40(16-42)15-25(24)29)37-32(44)30-35-13-26(39(30)3)22-8-7-21(27(33)28(22)34)23-12-36-41(18(23)2)9-10-45-4/h5-8,11-13,16,24-25,29H,9-10,14-15H2,1-4H3,(H,37,44)(H,38,43). The Hall–Kier alpha value is -4.91. The molecule has 2 fully saturated rings. The van der Waals surface area contributed by atoms with Gasteiger partial charge in [0.05, 0.1) is 31.2 Å². The van der Waals surface area contributed by atoms with E-state index in [0.29, 0.717) is 66.1 Å². The van der Waals surface area contributed by atoms with Crippen molar-refractivity contribution in [3.63, 3.8) is 0 Å². The second kappa shape index (κ2) is 11.9. The number of rotatable bonds is 10. The van der Waals surface area contributed by atoms with E-state index in [2.05, 4.69) is 20.7 Å². The van der Waals surface area contributed by atoms with Crippen LogP contribution >= 0.6 is 0 Å². The summed E-state index contributed by atoms with van der Waals surface area (Å²) in [4.78, 5) is 42.9. The highest BCUT2D eigenvalue weighted by atomic mass is 19.2. The molecule has 11 nitrogen and oxygen atoms in total. The molecular formula is C32H33F2N7O4. The molecule has 3 heterocycles. The van der Waals surface area contributed by atoms with E-state index in [1.165, 1.54) is 29.1 Å². The first-order chi connectivity index (χ1) is 21.6. The lowest BCUT2D eigenvalue weighted by Crippen LogP contribution is -2.34. The van der Waals surface area contributed by atoms with Crippen LogP contribution in [0, 0.1) is 37.3 Å². The lowest BCUT2D eigenvalue weighted by atomic mass is 10.0. The number of aromatic nitrogens is 4. The molecule has 2 unspecified atom stereocenters. The Morgan fingerprint density at radius 2 is 1.73 bits per heavy atom. The van der Waals surface area contributed by atoms with E-state index in [0.717, 1.165) is 6.41 Å². The molecule has 1 aliphatic carbocycles. The SMILES string of the molecule is COCCn1ncc(-c2ccc(-c3cnc(C(=O)Nc4ccc(C(=O)NC5C6CN(C=O)CC65)c(C)c4)n3C)c(F)c2F)c1C. The van der Waals surface area contributed by atoms with Crippen LogP contribution in [0.1, 0.15) is 32.2 Å². The summed E-state index contributed by atoms with van der Waals surface area (Å²) in [6.45, 7) is 5.79. The highest BCUT2D eigenvalue weighted by Gasteiger charge is 2.56. The van der Waals surface area contributed by atoms with Crippen LogP contribution in [0.4, 0.5) is 14.5 Å². The number of fused-ring (bicyclic) bond motifs is 1. The fraction of sp³-hybridized carbons (Fsp3) is 0.344. The van der Waals surface area contributed by atoms with Gasteiger partial charge in [-0.15, -0.1) is 0 Å². The van der Waals surface area contributed by atoms with Crippen LogP contribution in [-0.4, -0.2) is 75.3 Å². The van der Waals surface area contributed by atoms with E-state index in [4.69, 9.17) is 4.74 Å². The van der Waals surface area contributed by atoms with Crippen LogP contribution in [-0.2, 0) is 23.1 Å². The van der Waals surface area contributed by atoms with Crippen LogP contribution < -0.4 is 10.6 Å². The van der Waals surface area contributed by atoms with Gasteiger partial charge in [-0.1, -0.05) is 6.07 Å². The number of hydrogen-bond donors (Lipinski definition) is 2. The Labute approximate surface area is 258 Å². The van der Waals surface area contributed by atoms with Gasteiger partial charge in [0, 0.05) is 78.8 Å². The van der Waals surface area contributed by atoms with E-state index >= 15 is 8.78 Å². The zero-order valence-electron chi connectivity index (χ0n) is 25.3. The van der Waals surface area contributed by atoms with Gasteiger partial charge in [0.2, 0.25) is 6.41 Å². The summed E-state index contributed by atoms with van der Waals surface area (Å²) >= 11 is 0. The highest BCUT2D eigenvalue weighted by molar-refractivity contribution is 6.03. The first-order valence-electron chi connectivity index (χ1n) is 14.6. The number of carbonyl (C=O) groups is 3. The molecule has 2 aliphatic rings. The van der Waals surface area contributed by atoms with E-state index in [9.17, 15) is 14.4 Å². The number of imidazole rings is 1. The number of halogens is 2. The first-order valence-corrected chi connectivity index (χ1v) is 14.6. The monoisotopic (exact) mass is 617 g/mol. The Kier molecular flexibility index (Phi) is 7.96. The van der Waals surface area contributed by atoms with Gasteiger partial charge in [-0.2, -0.15) is 5.10 Å². The van der Waals surface area contributed by atoms with Crippen LogP contribution in [0.5, 0.6) is 0 Å². The summed E-state index contributed by atoms with van der Waals surface area (Å²) in [5.41, 5.74) is 3.02. The van der Waals surface area contributed by atoms with Gasteiger partial charge in [0.25, 0.3) is 11.8 Å². The molecule has 234 valence electrons. The predicted octanol–water partition coefficient (Wildman–Crippen LogP) is 3.56. The second-order valence-electron chi connectivity index (χ2n) is 11.5. The molecule has 1 aliphatic heterocycles. The van der Waals surface area contributed by atoms with E-state index in [1.807, 2.05) is 0 Å². The lowest BCUT2D eigenvalue weighted by Gasteiger charge is -2.15.